The van der Waals surface area contributed by atoms with Crippen LogP contribution in [0.3, 0.4) is 0 Å². The predicted octanol–water partition coefficient (Wildman–Crippen LogP) is 1.70. The Bertz CT molecular complexity index is 565. The summed E-state index contributed by atoms with van der Waals surface area (Å²) in [6, 6.07) is 6.56. The lowest BCUT2D eigenvalue weighted by Crippen LogP contribution is -2.43. The molecule has 1 atom stereocenters. The molecule has 1 aromatic rings. The number of piperidine rings is 1. The summed E-state index contributed by atoms with van der Waals surface area (Å²) >= 11 is 0. The highest BCUT2D eigenvalue weighted by Gasteiger charge is 2.33. The Hall–Kier alpha value is -1.92. The second-order valence-corrected chi connectivity index (χ2v) is 5.83. The number of carbonyl (C=O) groups excluding carboxylic acids is 2. The fraction of sp³-hybridized carbons (Fsp3) is 0.529. The third kappa shape index (κ3) is 3.54. The predicted molar refractivity (Wildman–Crippen MR) is 82.1 cm³/mol. The zero-order chi connectivity index (χ0) is 16.2. The van der Waals surface area contributed by atoms with Crippen LogP contribution < -0.4 is 0 Å². The van der Waals surface area contributed by atoms with E-state index in [0.29, 0.717) is 30.9 Å². The van der Waals surface area contributed by atoms with Gasteiger partial charge in [0.25, 0.3) is 5.91 Å². The molecule has 0 spiro atoms. The molecule has 0 bridgehead atoms. The Morgan fingerprint density at radius 3 is 2.43 bits per heavy atom. The van der Waals surface area contributed by atoms with Crippen molar-refractivity contribution in [3.05, 3.63) is 35.4 Å². The van der Waals surface area contributed by atoms with Gasteiger partial charge in [-0.15, -0.1) is 0 Å². The normalized spacial score (nSPS) is 22.1. The van der Waals surface area contributed by atoms with Crippen molar-refractivity contribution in [2.45, 2.75) is 19.1 Å². The summed E-state index contributed by atoms with van der Waals surface area (Å²) in [6.07, 6.45) is 1.77. The molecule has 0 unspecified atom stereocenters. The van der Waals surface area contributed by atoms with Crippen molar-refractivity contribution in [1.29, 1.82) is 0 Å². The molecule has 6 heteroatoms. The molecule has 23 heavy (non-hydrogen) atoms. The first-order valence-corrected chi connectivity index (χ1v) is 7.90. The Morgan fingerprint density at radius 1 is 1.13 bits per heavy atom. The van der Waals surface area contributed by atoms with Crippen molar-refractivity contribution in [3.8, 4) is 0 Å². The lowest BCUT2D eigenvalue weighted by molar-refractivity contribution is -0.0969. The second kappa shape index (κ2) is 7.10. The first-order valence-electron chi connectivity index (χ1n) is 7.90. The molecule has 2 aliphatic heterocycles. The van der Waals surface area contributed by atoms with Crippen LogP contribution in [-0.2, 0) is 14.2 Å². The molecule has 2 saturated heterocycles. The van der Waals surface area contributed by atoms with Crippen LogP contribution in [0.2, 0.25) is 0 Å². The monoisotopic (exact) mass is 319 g/mol. The van der Waals surface area contributed by atoms with Gasteiger partial charge in [0.1, 0.15) is 0 Å². The molecule has 0 aliphatic carbocycles. The molecule has 0 aromatic heterocycles. The minimum Gasteiger partial charge on any atom is -0.465 e. The third-order valence-corrected chi connectivity index (χ3v) is 4.33. The van der Waals surface area contributed by atoms with Crippen LogP contribution in [0.5, 0.6) is 0 Å². The Morgan fingerprint density at radius 2 is 1.78 bits per heavy atom. The minimum atomic E-state index is -0.405. The number of hydrogen-bond acceptors (Lipinski definition) is 5. The summed E-state index contributed by atoms with van der Waals surface area (Å²) < 4.78 is 15.8. The zero-order valence-corrected chi connectivity index (χ0v) is 13.2. The maximum absolute atomic E-state index is 12.6. The highest BCUT2D eigenvalue weighted by atomic mass is 16.7. The van der Waals surface area contributed by atoms with E-state index in [-0.39, 0.29) is 18.1 Å². The molecular formula is C17H21NO5. The average Bonchev–Trinajstić information content (AvgIpc) is 3.15. The number of hydrogen-bond donors (Lipinski definition) is 0. The molecule has 2 aliphatic rings. The number of nitrogens with zero attached hydrogens (tertiary/aromatic N) is 1. The number of likely N-dealkylation sites (tertiary alicyclic amines) is 1. The van der Waals surface area contributed by atoms with Crippen molar-refractivity contribution in [3.63, 3.8) is 0 Å². The van der Waals surface area contributed by atoms with Gasteiger partial charge < -0.3 is 19.1 Å². The van der Waals surface area contributed by atoms with E-state index in [2.05, 4.69) is 4.74 Å². The largest absolute Gasteiger partial charge is 0.465 e. The van der Waals surface area contributed by atoms with E-state index in [9.17, 15) is 9.59 Å². The average molecular weight is 319 g/mol. The maximum atomic E-state index is 12.6. The summed E-state index contributed by atoms with van der Waals surface area (Å²) in [6.45, 7) is 2.64. The first-order chi connectivity index (χ1) is 11.2. The SMILES string of the molecule is COC(=O)c1ccc(C(=O)N2CCC[C@@H](C3OCCO3)C2)cc1. The van der Waals surface area contributed by atoms with Gasteiger partial charge in [0, 0.05) is 24.6 Å². The van der Waals surface area contributed by atoms with E-state index in [1.165, 1.54) is 7.11 Å². The highest BCUT2D eigenvalue weighted by molar-refractivity contribution is 5.96. The molecule has 0 N–H and O–H groups in total. The lowest BCUT2D eigenvalue weighted by atomic mass is 9.96. The summed E-state index contributed by atoms with van der Waals surface area (Å²) in [5.41, 5.74) is 1.01. The Labute approximate surface area is 135 Å². The zero-order valence-electron chi connectivity index (χ0n) is 13.2. The summed E-state index contributed by atoms with van der Waals surface area (Å²) in [4.78, 5) is 25.9. The molecule has 2 fully saturated rings. The minimum absolute atomic E-state index is 0.0240. The number of benzene rings is 1. The van der Waals surface area contributed by atoms with Gasteiger partial charge in [0.05, 0.1) is 25.9 Å². The van der Waals surface area contributed by atoms with Gasteiger partial charge in [-0.25, -0.2) is 4.79 Å². The second-order valence-electron chi connectivity index (χ2n) is 5.83. The van der Waals surface area contributed by atoms with Crippen LogP contribution in [0.25, 0.3) is 0 Å². The van der Waals surface area contributed by atoms with Crippen LogP contribution >= 0.6 is 0 Å². The van der Waals surface area contributed by atoms with E-state index < -0.39 is 5.97 Å². The fourth-order valence-corrected chi connectivity index (χ4v) is 3.11. The van der Waals surface area contributed by atoms with Crippen molar-refractivity contribution in [2.24, 2.45) is 5.92 Å². The van der Waals surface area contributed by atoms with Gasteiger partial charge in [-0.2, -0.15) is 0 Å². The van der Waals surface area contributed by atoms with Crippen LogP contribution in [0.1, 0.15) is 33.6 Å². The van der Waals surface area contributed by atoms with Crippen LogP contribution in [0, 0.1) is 5.92 Å². The smallest absolute Gasteiger partial charge is 0.337 e. The van der Waals surface area contributed by atoms with Gasteiger partial charge >= 0.3 is 5.97 Å². The van der Waals surface area contributed by atoms with E-state index in [1.54, 1.807) is 24.3 Å². The van der Waals surface area contributed by atoms with Crippen molar-refractivity contribution in [1.82, 2.24) is 4.90 Å². The summed E-state index contributed by atoms with van der Waals surface area (Å²) in [5, 5.41) is 0. The maximum Gasteiger partial charge on any atom is 0.337 e. The van der Waals surface area contributed by atoms with Gasteiger partial charge in [-0.1, -0.05) is 0 Å². The molecule has 124 valence electrons. The molecule has 0 radical (unpaired) electrons. The van der Waals surface area contributed by atoms with Gasteiger partial charge in [-0.05, 0) is 37.1 Å². The number of carbonyl (C=O) groups is 2. The molecular weight excluding hydrogens is 298 g/mol. The standard InChI is InChI=1S/C17H21NO5/c1-21-16(20)13-6-4-12(5-7-13)15(19)18-8-2-3-14(11-18)17-22-9-10-23-17/h4-7,14,17H,2-3,8-11H2,1H3/t14-/m1/s1. The van der Waals surface area contributed by atoms with Gasteiger partial charge in [-0.3, -0.25) is 4.79 Å². The molecule has 1 aromatic carbocycles. The van der Waals surface area contributed by atoms with Crippen LogP contribution in [0.4, 0.5) is 0 Å². The number of esters is 1. The molecule has 2 heterocycles. The van der Waals surface area contributed by atoms with E-state index in [4.69, 9.17) is 9.47 Å². The van der Waals surface area contributed by atoms with Crippen LogP contribution in [-0.4, -0.2) is 56.5 Å². The number of ether oxygens (including phenoxy) is 3. The molecule has 0 saturated carbocycles. The third-order valence-electron chi connectivity index (χ3n) is 4.33. The first kappa shape index (κ1) is 16.0. The van der Waals surface area contributed by atoms with Crippen molar-refractivity contribution in [2.75, 3.05) is 33.4 Å². The quantitative estimate of drug-likeness (QED) is 0.793. The van der Waals surface area contributed by atoms with Crippen molar-refractivity contribution >= 4 is 11.9 Å². The lowest BCUT2D eigenvalue weighted by Gasteiger charge is -2.34. The van der Waals surface area contributed by atoms with E-state index in [1.807, 2.05) is 4.90 Å². The van der Waals surface area contributed by atoms with Gasteiger partial charge in [0.2, 0.25) is 0 Å². The number of rotatable bonds is 3. The van der Waals surface area contributed by atoms with E-state index >= 15 is 0 Å². The van der Waals surface area contributed by atoms with Crippen molar-refractivity contribution < 1.29 is 23.8 Å². The van der Waals surface area contributed by atoms with Crippen LogP contribution in [0.15, 0.2) is 24.3 Å². The number of amides is 1. The highest BCUT2D eigenvalue weighted by Crippen LogP contribution is 2.25. The number of methoxy groups -OCH3 is 1. The summed E-state index contributed by atoms with van der Waals surface area (Å²) in [5.74, 6) is -0.203. The molecule has 6 nitrogen and oxygen atoms in total. The molecule has 3 rings (SSSR count). The van der Waals surface area contributed by atoms with E-state index in [0.717, 1.165) is 19.4 Å². The summed E-state index contributed by atoms with van der Waals surface area (Å²) in [7, 11) is 1.34. The Balaban J connectivity index is 1.65. The molecule has 1 amide bonds. The topological polar surface area (TPSA) is 65.1 Å². The Kier molecular flexibility index (Phi) is 4.93. The van der Waals surface area contributed by atoms with Gasteiger partial charge in [0.15, 0.2) is 6.29 Å². The fourth-order valence-electron chi connectivity index (χ4n) is 3.11.